The molecule has 4 nitrogen and oxygen atoms in total. The lowest BCUT2D eigenvalue weighted by atomic mass is 9.80. The molecule has 2 unspecified atom stereocenters. The van der Waals surface area contributed by atoms with Crippen molar-refractivity contribution in [3.05, 3.63) is 60.2 Å². The van der Waals surface area contributed by atoms with Crippen molar-refractivity contribution >= 4 is 24.2 Å². The number of hydrogen-bond donors (Lipinski definition) is 3. The normalized spacial score (nSPS) is 13.2. The van der Waals surface area contributed by atoms with Crippen LogP contribution in [0.1, 0.15) is 38.2 Å². The predicted octanol–water partition coefficient (Wildman–Crippen LogP) is 2.52. The maximum Gasteiger partial charge on any atom is 0.488 e. The Morgan fingerprint density at radius 1 is 1.04 bits per heavy atom. The summed E-state index contributed by atoms with van der Waals surface area (Å²) in [6, 6.07) is 16.9. The maximum atomic E-state index is 12.3. The summed E-state index contributed by atoms with van der Waals surface area (Å²) in [6.07, 6.45) is 1.73. The molecule has 0 aliphatic carbocycles. The summed E-state index contributed by atoms with van der Waals surface area (Å²) in [6.45, 7) is 4.09. The van der Waals surface area contributed by atoms with Crippen LogP contribution >= 0.6 is 0 Å². The Morgan fingerprint density at radius 2 is 1.75 bits per heavy atom. The average molecular weight is 325 g/mol. The van der Waals surface area contributed by atoms with Gasteiger partial charge in [0.15, 0.2) is 0 Å². The molecule has 1 amide bonds. The molecule has 2 aromatic rings. The molecule has 2 atom stereocenters. The van der Waals surface area contributed by atoms with Crippen LogP contribution in [0.15, 0.2) is 54.6 Å². The third-order valence-electron chi connectivity index (χ3n) is 4.30. The van der Waals surface area contributed by atoms with E-state index >= 15 is 0 Å². The minimum Gasteiger partial charge on any atom is -0.423 e. The highest BCUT2D eigenvalue weighted by molar-refractivity contribution is 6.58. The molecule has 0 aliphatic heterocycles. The van der Waals surface area contributed by atoms with Gasteiger partial charge in [0, 0.05) is 11.6 Å². The van der Waals surface area contributed by atoms with Crippen LogP contribution in [-0.2, 0) is 4.79 Å². The van der Waals surface area contributed by atoms with Gasteiger partial charge in [-0.25, -0.2) is 0 Å². The first-order chi connectivity index (χ1) is 11.5. The van der Waals surface area contributed by atoms with Crippen molar-refractivity contribution in [3.63, 3.8) is 0 Å². The first kappa shape index (κ1) is 18.2. The Hall–Kier alpha value is -2.11. The van der Waals surface area contributed by atoms with Crippen molar-refractivity contribution in [2.75, 3.05) is 5.32 Å². The predicted molar refractivity (Wildman–Crippen MR) is 98.2 cm³/mol. The molecule has 0 saturated carbocycles. The minimum absolute atomic E-state index is 0.0557. The van der Waals surface area contributed by atoms with Crippen LogP contribution in [-0.4, -0.2) is 23.1 Å². The molecule has 0 spiro atoms. The molecule has 0 heterocycles. The largest absolute Gasteiger partial charge is 0.488 e. The van der Waals surface area contributed by atoms with E-state index in [4.69, 9.17) is 0 Å². The van der Waals surface area contributed by atoms with Crippen molar-refractivity contribution in [1.29, 1.82) is 0 Å². The Bertz CT molecular complexity index is 661. The molecule has 0 radical (unpaired) electrons. The Balaban J connectivity index is 1.87. The van der Waals surface area contributed by atoms with Crippen LogP contribution in [0.25, 0.3) is 0 Å². The maximum absolute atomic E-state index is 12.3. The van der Waals surface area contributed by atoms with Crippen LogP contribution in [0.4, 0.5) is 5.69 Å². The van der Waals surface area contributed by atoms with E-state index in [0.29, 0.717) is 17.1 Å². The van der Waals surface area contributed by atoms with Gasteiger partial charge in [-0.3, -0.25) is 4.79 Å². The van der Waals surface area contributed by atoms with Gasteiger partial charge in [-0.1, -0.05) is 56.3 Å². The molecule has 2 rings (SSSR count). The molecule has 0 saturated heterocycles. The van der Waals surface area contributed by atoms with Crippen LogP contribution in [0, 0.1) is 5.92 Å². The number of hydrogen-bond acceptors (Lipinski definition) is 3. The topological polar surface area (TPSA) is 69.6 Å². The van der Waals surface area contributed by atoms with Gasteiger partial charge < -0.3 is 15.4 Å². The van der Waals surface area contributed by atoms with Crippen molar-refractivity contribution in [1.82, 2.24) is 0 Å². The van der Waals surface area contributed by atoms with Gasteiger partial charge in [0.1, 0.15) is 0 Å². The van der Waals surface area contributed by atoms with Gasteiger partial charge in [-0.15, -0.1) is 0 Å². The van der Waals surface area contributed by atoms with Gasteiger partial charge in [-0.05, 0) is 41.9 Å². The zero-order valence-electron chi connectivity index (χ0n) is 14.1. The zero-order valence-corrected chi connectivity index (χ0v) is 14.1. The SMILES string of the molecule is CC(CCC(C)c1ccccc1)C(=O)Nc1cccc(B(O)O)c1. The standard InChI is InChI=1S/C19H24BNO3/c1-14(16-7-4-3-5-8-16)11-12-15(2)19(22)21-18-10-6-9-17(13-18)20(23)24/h3-10,13-15,23-24H,11-12H2,1-2H3,(H,21,22). The van der Waals surface area contributed by atoms with Crippen LogP contribution in [0.3, 0.4) is 0 Å². The Morgan fingerprint density at radius 3 is 2.42 bits per heavy atom. The van der Waals surface area contributed by atoms with Crippen molar-refractivity contribution in [2.45, 2.75) is 32.6 Å². The zero-order chi connectivity index (χ0) is 17.5. The third kappa shape index (κ3) is 5.22. The van der Waals surface area contributed by atoms with Gasteiger partial charge in [0.2, 0.25) is 5.91 Å². The molecule has 0 bridgehead atoms. The van der Waals surface area contributed by atoms with Crippen LogP contribution < -0.4 is 10.8 Å². The van der Waals surface area contributed by atoms with Crippen molar-refractivity contribution in [3.8, 4) is 0 Å². The van der Waals surface area contributed by atoms with E-state index in [0.717, 1.165) is 12.8 Å². The number of anilines is 1. The second-order valence-corrected chi connectivity index (χ2v) is 6.28. The van der Waals surface area contributed by atoms with E-state index in [2.05, 4.69) is 24.4 Å². The van der Waals surface area contributed by atoms with Crippen molar-refractivity contribution in [2.24, 2.45) is 5.92 Å². The smallest absolute Gasteiger partial charge is 0.423 e. The second-order valence-electron chi connectivity index (χ2n) is 6.28. The number of rotatable bonds is 7. The average Bonchev–Trinajstić information content (AvgIpc) is 2.60. The number of carbonyl (C=O) groups excluding carboxylic acids is 1. The lowest BCUT2D eigenvalue weighted by Gasteiger charge is -2.16. The summed E-state index contributed by atoms with van der Waals surface area (Å²) in [5.74, 6) is 0.244. The molecule has 0 fully saturated rings. The van der Waals surface area contributed by atoms with E-state index in [1.54, 1.807) is 24.3 Å². The van der Waals surface area contributed by atoms with E-state index in [1.807, 2.05) is 25.1 Å². The second kappa shape index (κ2) is 8.66. The fourth-order valence-electron chi connectivity index (χ4n) is 2.62. The number of benzene rings is 2. The summed E-state index contributed by atoms with van der Waals surface area (Å²) >= 11 is 0. The van der Waals surface area contributed by atoms with E-state index in [1.165, 1.54) is 5.56 Å². The summed E-state index contributed by atoms with van der Waals surface area (Å²) in [4.78, 5) is 12.3. The monoisotopic (exact) mass is 325 g/mol. The molecule has 5 heteroatoms. The molecule has 2 aromatic carbocycles. The van der Waals surface area contributed by atoms with Crippen LogP contribution in [0.5, 0.6) is 0 Å². The van der Waals surface area contributed by atoms with E-state index < -0.39 is 7.12 Å². The highest BCUT2D eigenvalue weighted by Crippen LogP contribution is 2.23. The third-order valence-corrected chi connectivity index (χ3v) is 4.30. The van der Waals surface area contributed by atoms with Gasteiger partial charge >= 0.3 is 7.12 Å². The lowest BCUT2D eigenvalue weighted by Crippen LogP contribution is -2.30. The molecule has 126 valence electrons. The minimum atomic E-state index is -1.54. The van der Waals surface area contributed by atoms with Gasteiger partial charge in [-0.2, -0.15) is 0 Å². The lowest BCUT2D eigenvalue weighted by molar-refractivity contribution is -0.119. The fourth-order valence-corrected chi connectivity index (χ4v) is 2.62. The quantitative estimate of drug-likeness (QED) is 0.685. The first-order valence-corrected chi connectivity index (χ1v) is 8.29. The number of amides is 1. The Labute approximate surface area is 143 Å². The number of nitrogens with one attached hydrogen (secondary N) is 1. The van der Waals surface area contributed by atoms with Crippen LogP contribution in [0.2, 0.25) is 0 Å². The number of carbonyl (C=O) groups is 1. The summed E-state index contributed by atoms with van der Waals surface area (Å²) < 4.78 is 0. The first-order valence-electron chi connectivity index (χ1n) is 8.29. The van der Waals surface area contributed by atoms with E-state index in [9.17, 15) is 14.8 Å². The van der Waals surface area contributed by atoms with Crippen molar-refractivity contribution < 1.29 is 14.8 Å². The summed E-state index contributed by atoms with van der Waals surface area (Å²) in [7, 11) is -1.54. The molecule has 0 aliphatic rings. The summed E-state index contributed by atoms with van der Waals surface area (Å²) in [5, 5.41) is 21.2. The molecular weight excluding hydrogens is 301 g/mol. The molecule has 24 heavy (non-hydrogen) atoms. The molecular formula is C19H24BNO3. The molecule has 3 N–H and O–H groups in total. The molecule has 0 aromatic heterocycles. The van der Waals surface area contributed by atoms with Gasteiger partial charge in [0.05, 0.1) is 0 Å². The highest BCUT2D eigenvalue weighted by Gasteiger charge is 2.16. The van der Waals surface area contributed by atoms with E-state index in [-0.39, 0.29) is 11.8 Å². The summed E-state index contributed by atoms with van der Waals surface area (Å²) in [5.41, 5.74) is 2.22. The fraction of sp³-hybridized carbons (Fsp3) is 0.316. The Kier molecular flexibility index (Phi) is 6.58. The highest BCUT2D eigenvalue weighted by atomic mass is 16.4. The van der Waals surface area contributed by atoms with Gasteiger partial charge in [0.25, 0.3) is 0 Å².